The Bertz CT molecular complexity index is 1070. The summed E-state index contributed by atoms with van der Waals surface area (Å²) in [6, 6.07) is 5.91. The van der Waals surface area contributed by atoms with E-state index in [9.17, 15) is 14.4 Å². The van der Waals surface area contributed by atoms with E-state index < -0.39 is 0 Å². The van der Waals surface area contributed by atoms with Gasteiger partial charge in [-0.25, -0.2) is 0 Å². The minimum atomic E-state index is -0.244. The fraction of sp³-hybridized carbons (Fsp3) is 0.435. The van der Waals surface area contributed by atoms with Crippen LogP contribution in [-0.2, 0) is 16.1 Å². The van der Waals surface area contributed by atoms with Crippen LogP contribution in [0.2, 0.25) is 0 Å². The molecular formula is C23H26BrN3O3S. The van der Waals surface area contributed by atoms with Gasteiger partial charge in [-0.1, -0.05) is 29.8 Å². The molecule has 1 aromatic heterocycles. The molecule has 1 aromatic carbocycles. The summed E-state index contributed by atoms with van der Waals surface area (Å²) < 4.78 is 2.87. The van der Waals surface area contributed by atoms with Crippen molar-refractivity contribution >= 4 is 61.7 Å². The molecule has 2 aliphatic heterocycles. The molecular weight excluding hydrogens is 478 g/mol. The van der Waals surface area contributed by atoms with Crippen LogP contribution in [-0.4, -0.2) is 51.1 Å². The highest BCUT2D eigenvalue weighted by Crippen LogP contribution is 2.35. The zero-order valence-electron chi connectivity index (χ0n) is 17.8. The van der Waals surface area contributed by atoms with Gasteiger partial charge in [0.25, 0.3) is 11.1 Å². The van der Waals surface area contributed by atoms with Crippen LogP contribution >= 0.6 is 27.7 Å². The molecule has 0 saturated carbocycles. The Balaban J connectivity index is 1.64. The second-order valence-electron chi connectivity index (χ2n) is 8.27. The SMILES string of the molecule is CCCN1C(=O)S/C(=C\c2cn(CC(=O)N3CCC(C)CC3)c3ccc(Br)cc23)C1=O. The van der Waals surface area contributed by atoms with Crippen molar-refractivity contribution in [1.29, 1.82) is 0 Å². The Morgan fingerprint density at radius 2 is 2.00 bits per heavy atom. The molecule has 2 aromatic rings. The summed E-state index contributed by atoms with van der Waals surface area (Å²) in [6.07, 6.45) is 6.51. The summed E-state index contributed by atoms with van der Waals surface area (Å²) in [4.78, 5) is 41.5. The van der Waals surface area contributed by atoms with Gasteiger partial charge < -0.3 is 9.47 Å². The number of rotatable bonds is 5. The van der Waals surface area contributed by atoms with E-state index >= 15 is 0 Å². The number of carbonyl (C=O) groups excluding carboxylic acids is 3. The number of hydrogen-bond acceptors (Lipinski definition) is 4. The molecule has 0 aliphatic carbocycles. The second kappa shape index (κ2) is 9.20. The number of imide groups is 1. The Hall–Kier alpha value is -2.06. The van der Waals surface area contributed by atoms with Gasteiger partial charge in [0.1, 0.15) is 6.54 Å². The van der Waals surface area contributed by atoms with E-state index in [1.54, 1.807) is 6.08 Å². The van der Waals surface area contributed by atoms with Crippen molar-refractivity contribution in [2.24, 2.45) is 5.92 Å². The molecule has 0 N–H and O–H groups in total. The van der Waals surface area contributed by atoms with Gasteiger partial charge in [0.2, 0.25) is 5.91 Å². The third-order valence-corrected chi connectivity index (χ3v) is 7.32. The topological polar surface area (TPSA) is 62.6 Å². The third kappa shape index (κ3) is 4.60. The summed E-state index contributed by atoms with van der Waals surface area (Å²) in [6.45, 7) is 6.48. The first-order chi connectivity index (χ1) is 14.9. The first-order valence-electron chi connectivity index (χ1n) is 10.7. The van der Waals surface area contributed by atoms with Crippen molar-refractivity contribution < 1.29 is 14.4 Å². The van der Waals surface area contributed by atoms with Crippen LogP contribution in [0.5, 0.6) is 0 Å². The first-order valence-corrected chi connectivity index (χ1v) is 12.3. The fourth-order valence-electron chi connectivity index (χ4n) is 4.10. The van der Waals surface area contributed by atoms with Crippen molar-refractivity contribution in [1.82, 2.24) is 14.4 Å². The van der Waals surface area contributed by atoms with Gasteiger partial charge in [0.05, 0.1) is 4.91 Å². The Morgan fingerprint density at radius 1 is 1.26 bits per heavy atom. The Labute approximate surface area is 194 Å². The van der Waals surface area contributed by atoms with Crippen LogP contribution in [0.1, 0.15) is 38.7 Å². The maximum Gasteiger partial charge on any atom is 0.293 e. The van der Waals surface area contributed by atoms with Crippen molar-refractivity contribution in [2.45, 2.75) is 39.7 Å². The molecule has 8 heteroatoms. The molecule has 3 amide bonds. The number of thioether (sulfide) groups is 1. The average Bonchev–Trinajstić information content (AvgIpc) is 3.20. The van der Waals surface area contributed by atoms with Gasteiger partial charge >= 0.3 is 0 Å². The van der Waals surface area contributed by atoms with E-state index in [1.807, 2.05) is 40.8 Å². The lowest BCUT2D eigenvalue weighted by molar-refractivity contribution is -0.133. The highest BCUT2D eigenvalue weighted by Gasteiger charge is 2.34. The molecule has 2 aliphatic rings. The molecule has 0 spiro atoms. The number of piperidine rings is 1. The predicted octanol–water partition coefficient (Wildman–Crippen LogP) is 5.11. The zero-order chi connectivity index (χ0) is 22.1. The van der Waals surface area contributed by atoms with Crippen molar-refractivity contribution in [3.8, 4) is 0 Å². The van der Waals surface area contributed by atoms with Gasteiger partial charge in [0, 0.05) is 46.8 Å². The van der Waals surface area contributed by atoms with E-state index in [0.717, 1.165) is 65.1 Å². The van der Waals surface area contributed by atoms with Crippen LogP contribution in [0.25, 0.3) is 17.0 Å². The lowest BCUT2D eigenvalue weighted by Gasteiger charge is -2.30. The van der Waals surface area contributed by atoms with E-state index in [4.69, 9.17) is 0 Å². The quantitative estimate of drug-likeness (QED) is 0.531. The summed E-state index contributed by atoms with van der Waals surface area (Å²) in [5.74, 6) is 0.538. The number of carbonyl (C=O) groups is 3. The summed E-state index contributed by atoms with van der Waals surface area (Å²) >= 11 is 4.50. The standard InChI is InChI=1S/C23H26BrN3O3S/c1-3-8-27-22(29)20(31-23(27)30)11-16-13-26(19-5-4-17(24)12-18(16)19)14-21(28)25-9-6-15(2)7-10-25/h4-5,11-13,15H,3,6-10,14H2,1-2H3/b20-11-. The molecule has 31 heavy (non-hydrogen) atoms. The van der Waals surface area contributed by atoms with E-state index in [2.05, 4.69) is 22.9 Å². The lowest BCUT2D eigenvalue weighted by Crippen LogP contribution is -2.39. The second-order valence-corrected chi connectivity index (χ2v) is 10.2. The molecule has 3 heterocycles. The number of aromatic nitrogens is 1. The zero-order valence-corrected chi connectivity index (χ0v) is 20.2. The van der Waals surface area contributed by atoms with Gasteiger partial charge in [-0.2, -0.15) is 0 Å². The van der Waals surface area contributed by atoms with Crippen LogP contribution in [0.3, 0.4) is 0 Å². The maximum atomic E-state index is 12.9. The summed E-state index contributed by atoms with van der Waals surface area (Å²) in [5, 5.41) is 0.717. The van der Waals surface area contributed by atoms with E-state index in [-0.39, 0.29) is 23.6 Å². The monoisotopic (exact) mass is 503 g/mol. The molecule has 2 saturated heterocycles. The fourth-order valence-corrected chi connectivity index (χ4v) is 5.32. The molecule has 0 unspecified atom stereocenters. The summed E-state index contributed by atoms with van der Waals surface area (Å²) in [7, 11) is 0. The molecule has 6 nitrogen and oxygen atoms in total. The van der Waals surface area contributed by atoms with Crippen LogP contribution in [0, 0.1) is 5.92 Å². The minimum absolute atomic E-state index is 0.113. The Morgan fingerprint density at radius 3 is 2.71 bits per heavy atom. The molecule has 0 atom stereocenters. The predicted molar refractivity (Wildman–Crippen MR) is 128 cm³/mol. The normalized spacial score (nSPS) is 19.3. The number of benzene rings is 1. The average molecular weight is 504 g/mol. The number of hydrogen-bond donors (Lipinski definition) is 0. The van der Waals surface area contributed by atoms with Crippen molar-refractivity contribution in [2.75, 3.05) is 19.6 Å². The lowest BCUT2D eigenvalue weighted by atomic mass is 9.99. The van der Waals surface area contributed by atoms with Crippen LogP contribution < -0.4 is 0 Å². The van der Waals surface area contributed by atoms with Gasteiger partial charge in [0.15, 0.2) is 0 Å². The van der Waals surface area contributed by atoms with Crippen LogP contribution in [0.4, 0.5) is 4.79 Å². The van der Waals surface area contributed by atoms with Crippen LogP contribution in [0.15, 0.2) is 33.8 Å². The van der Waals surface area contributed by atoms with Crippen molar-refractivity contribution in [3.63, 3.8) is 0 Å². The highest BCUT2D eigenvalue weighted by atomic mass is 79.9. The van der Waals surface area contributed by atoms with E-state index in [0.29, 0.717) is 17.4 Å². The molecule has 164 valence electrons. The molecule has 0 bridgehead atoms. The van der Waals surface area contributed by atoms with E-state index in [1.165, 1.54) is 4.90 Å². The van der Waals surface area contributed by atoms with Gasteiger partial charge in [-0.05, 0) is 61.2 Å². The number of amides is 3. The highest BCUT2D eigenvalue weighted by molar-refractivity contribution is 9.10. The molecule has 2 fully saturated rings. The Kier molecular flexibility index (Phi) is 6.57. The number of fused-ring (bicyclic) bond motifs is 1. The minimum Gasteiger partial charge on any atom is -0.341 e. The molecule has 0 radical (unpaired) electrons. The third-order valence-electron chi connectivity index (χ3n) is 5.92. The smallest absolute Gasteiger partial charge is 0.293 e. The molecule has 4 rings (SSSR count). The number of likely N-dealkylation sites (tertiary alicyclic amines) is 1. The number of nitrogens with zero attached hydrogens (tertiary/aromatic N) is 3. The first kappa shape index (κ1) is 22.1. The number of halogens is 1. The van der Waals surface area contributed by atoms with Gasteiger partial charge in [-0.15, -0.1) is 0 Å². The summed E-state index contributed by atoms with van der Waals surface area (Å²) in [5.41, 5.74) is 1.76. The van der Waals surface area contributed by atoms with Gasteiger partial charge in [-0.3, -0.25) is 19.3 Å². The maximum absolute atomic E-state index is 12.9. The largest absolute Gasteiger partial charge is 0.341 e. The van der Waals surface area contributed by atoms with Crippen molar-refractivity contribution in [3.05, 3.63) is 39.3 Å².